The minimum absolute atomic E-state index is 0.430. The molecule has 1 aromatic carbocycles. The van der Waals surface area contributed by atoms with Crippen molar-refractivity contribution >= 4 is 0 Å². The molecule has 4 heteroatoms. The van der Waals surface area contributed by atoms with Crippen molar-refractivity contribution in [1.82, 2.24) is 15.1 Å². The number of para-hydroxylation sites is 1. The third kappa shape index (κ3) is 3.08. The lowest BCUT2D eigenvalue weighted by molar-refractivity contribution is 0.107. The molecule has 2 unspecified atom stereocenters. The monoisotopic (exact) mass is 271 g/mol. The average Bonchev–Trinajstić information content (AvgIpc) is 3.15. The van der Waals surface area contributed by atoms with Gasteiger partial charge >= 0.3 is 0 Å². The van der Waals surface area contributed by atoms with Crippen LogP contribution in [0.3, 0.4) is 0 Å². The minimum atomic E-state index is 0.430. The maximum absolute atomic E-state index is 5.40. The summed E-state index contributed by atoms with van der Waals surface area (Å²) < 4.78 is 7.32. The van der Waals surface area contributed by atoms with Crippen LogP contribution in [0, 0.1) is 0 Å². The molecule has 1 heterocycles. The molecule has 1 N–H and O–H groups in total. The Balaban J connectivity index is 1.56. The Kier molecular flexibility index (Phi) is 4.14. The summed E-state index contributed by atoms with van der Waals surface area (Å²) in [6.07, 6.45) is 7.93. The number of aromatic nitrogens is 2. The van der Waals surface area contributed by atoms with Crippen molar-refractivity contribution in [3.8, 4) is 5.69 Å². The van der Waals surface area contributed by atoms with E-state index in [0.29, 0.717) is 12.1 Å². The molecule has 20 heavy (non-hydrogen) atoms. The van der Waals surface area contributed by atoms with Gasteiger partial charge in [-0.15, -0.1) is 0 Å². The molecule has 2 atom stereocenters. The second kappa shape index (κ2) is 6.20. The third-order valence-corrected chi connectivity index (χ3v) is 3.97. The summed E-state index contributed by atoms with van der Waals surface area (Å²) in [5, 5.41) is 8.01. The van der Waals surface area contributed by atoms with Crippen molar-refractivity contribution in [2.75, 3.05) is 7.11 Å². The van der Waals surface area contributed by atoms with E-state index in [-0.39, 0.29) is 0 Å². The zero-order chi connectivity index (χ0) is 13.8. The number of nitrogens with one attached hydrogen (secondary N) is 1. The normalized spacial score (nSPS) is 22.2. The summed E-state index contributed by atoms with van der Waals surface area (Å²) in [6.45, 7) is 0.869. The highest BCUT2D eigenvalue weighted by Crippen LogP contribution is 2.21. The number of rotatable bonds is 5. The summed E-state index contributed by atoms with van der Waals surface area (Å²) >= 11 is 0. The lowest BCUT2D eigenvalue weighted by atomic mass is 10.2. The van der Waals surface area contributed by atoms with E-state index in [1.165, 1.54) is 12.0 Å². The van der Waals surface area contributed by atoms with E-state index in [2.05, 4.69) is 28.7 Å². The van der Waals surface area contributed by atoms with Crippen LogP contribution in [0.15, 0.2) is 42.7 Å². The number of methoxy groups -OCH3 is 1. The molecule has 106 valence electrons. The number of hydrogen-bond donors (Lipinski definition) is 1. The first-order chi connectivity index (χ1) is 9.85. The van der Waals surface area contributed by atoms with Gasteiger partial charge in [0.1, 0.15) is 0 Å². The molecule has 0 saturated heterocycles. The van der Waals surface area contributed by atoms with Gasteiger partial charge in [0, 0.05) is 31.5 Å². The number of ether oxygens (including phenoxy) is 1. The van der Waals surface area contributed by atoms with E-state index in [4.69, 9.17) is 4.74 Å². The SMILES string of the molecule is COC1CCC(NCc2cnn(-c3ccccc3)c2)C1. The van der Waals surface area contributed by atoms with Gasteiger partial charge in [0.15, 0.2) is 0 Å². The maximum Gasteiger partial charge on any atom is 0.0645 e. The van der Waals surface area contributed by atoms with E-state index in [1.807, 2.05) is 29.1 Å². The van der Waals surface area contributed by atoms with Gasteiger partial charge in [-0.05, 0) is 31.4 Å². The average molecular weight is 271 g/mol. The maximum atomic E-state index is 5.40. The molecule has 0 radical (unpaired) electrons. The van der Waals surface area contributed by atoms with Crippen molar-refractivity contribution < 1.29 is 4.74 Å². The van der Waals surface area contributed by atoms with Crippen molar-refractivity contribution in [1.29, 1.82) is 0 Å². The van der Waals surface area contributed by atoms with Crippen LogP contribution in [-0.2, 0) is 11.3 Å². The fourth-order valence-electron chi connectivity index (χ4n) is 2.78. The number of benzene rings is 1. The Labute approximate surface area is 119 Å². The minimum Gasteiger partial charge on any atom is -0.381 e. The fourth-order valence-corrected chi connectivity index (χ4v) is 2.78. The van der Waals surface area contributed by atoms with Crippen molar-refractivity contribution in [2.24, 2.45) is 0 Å². The lowest BCUT2D eigenvalue weighted by Crippen LogP contribution is -2.26. The Morgan fingerprint density at radius 1 is 1.30 bits per heavy atom. The van der Waals surface area contributed by atoms with Crippen molar-refractivity contribution in [3.63, 3.8) is 0 Å². The van der Waals surface area contributed by atoms with Crippen LogP contribution < -0.4 is 5.32 Å². The highest BCUT2D eigenvalue weighted by atomic mass is 16.5. The van der Waals surface area contributed by atoms with Crippen molar-refractivity contribution in [2.45, 2.75) is 38.0 Å². The summed E-state index contributed by atoms with van der Waals surface area (Å²) in [5.41, 5.74) is 2.31. The predicted octanol–water partition coefficient (Wildman–Crippen LogP) is 2.53. The molecule has 2 aromatic rings. The van der Waals surface area contributed by atoms with Crippen molar-refractivity contribution in [3.05, 3.63) is 48.3 Å². The first-order valence-corrected chi connectivity index (χ1v) is 7.20. The quantitative estimate of drug-likeness (QED) is 0.908. The number of hydrogen-bond acceptors (Lipinski definition) is 3. The fraction of sp³-hybridized carbons (Fsp3) is 0.438. The lowest BCUT2D eigenvalue weighted by Gasteiger charge is -2.11. The summed E-state index contributed by atoms with van der Waals surface area (Å²) in [4.78, 5) is 0. The summed E-state index contributed by atoms with van der Waals surface area (Å²) in [7, 11) is 1.80. The zero-order valence-corrected chi connectivity index (χ0v) is 11.8. The van der Waals surface area contributed by atoms with E-state index in [1.54, 1.807) is 7.11 Å². The second-order valence-electron chi connectivity index (χ2n) is 5.38. The van der Waals surface area contributed by atoms with Crippen LogP contribution in [0.5, 0.6) is 0 Å². The van der Waals surface area contributed by atoms with Gasteiger partial charge in [0.25, 0.3) is 0 Å². The van der Waals surface area contributed by atoms with Crippen LogP contribution in [-0.4, -0.2) is 29.0 Å². The van der Waals surface area contributed by atoms with Gasteiger partial charge in [0.2, 0.25) is 0 Å². The molecule has 1 saturated carbocycles. The smallest absolute Gasteiger partial charge is 0.0645 e. The van der Waals surface area contributed by atoms with Gasteiger partial charge in [-0.1, -0.05) is 18.2 Å². The van der Waals surface area contributed by atoms with Crippen LogP contribution >= 0.6 is 0 Å². The Morgan fingerprint density at radius 2 is 2.15 bits per heavy atom. The Hall–Kier alpha value is -1.65. The first kappa shape index (κ1) is 13.3. The van der Waals surface area contributed by atoms with Gasteiger partial charge in [-0.25, -0.2) is 4.68 Å². The topological polar surface area (TPSA) is 39.1 Å². The molecule has 1 fully saturated rings. The summed E-state index contributed by atoms with van der Waals surface area (Å²) in [5.74, 6) is 0. The molecular formula is C16H21N3O. The zero-order valence-electron chi connectivity index (χ0n) is 11.8. The van der Waals surface area contributed by atoms with Gasteiger partial charge in [-0.3, -0.25) is 0 Å². The number of nitrogens with zero attached hydrogens (tertiary/aromatic N) is 2. The summed E-state index contributed by atoms with van der Waals surface area (Å²) in [6, 6.07) is 10.8. The third-order valence-electron chi connectivity index (χ3n) is 3.97. The first-order valence-electron chi connectivity index (χ1n) is 7.20. The largest absolute Gasteiger partial charge is 0.381 e. The molecular weight excluding hydrogens is 250 g/mol. The van der Waals surface area contributed by atoms with Gasteiger partial charge in [-0.2, -0.15) is 5.10 Å². The molecule has 0 spiro atoms. The van der Waals surface area contributed by atoms with E-state index in [0.717, 1.165) is 25.1 Å². The molecule has 0 amide bonds. The Bertz CT molecular complexity index is 538. The highest BCUT2D eigenvalue weighted by Gasteiger charge is 2.23. The molecule has 0 aliphatic heterocycles. The van der Waals surface area contributed by atoms with E-state index >= 15 is 0 Å². The Morgan fingerprint density at radius 3 is 2.90 bits per heavy atom. The standard InChI is InChI=1S/C16H21N3O/c1-20-16-8-7-14(9-16)17-10-13-11-18-19(12-13)15-5-3-2-4-6-15/h2-6,11-12,14,16-17H,7-10H2,1H3. The van der Waals surface area contributed by atoms with Gasteiger partial charge in [0.05, 0.1) is 18.0 Å². The molecule has 1 aromatic heterocycles. The molecule has 0 bridgehead atoms. The molecule has 3 rings (SSSR count). The second-order valence-corrected chi connectivity index (χ2v) is 5.38. The van der Waals surface area contributed by atoms with E-state index in [9.17, 15) is 0 Å². The predicted molar refractivity (Wildman–Crippen MR) is 78.8 cm³/mol. The molecule has 1 aliphatic rings. The van der Waals surface area contributed by atoms with Crippen LogP contribution in [0.1, 0.15) is 24.8 Å². The van der Waals surface area contributed by atoms with Gasteiger partial charge < -0.3 is 10.1 Å². The van der Waals surface area contributed by atoms with Crippen LogP contribution in [0.4, 0.5) is 0 Å². The highest BCUT2D eigenvalue weighted by molar-refractivity contribution is 5.30. The molecule has 1 aliphatic carbocycles. The molecule has 4 nitrogen and oxygen atoms in total. The van der Waals surface area contributed by atoms with E-state index < -0.39 is 0 Å². The van der Waals surface area contributed by atoms with Crippen LogP contribution in [0.2, 0.25) is 0 Å². The van der Waals surface area contributed by atoms with Crippen LogP contribution in [0.25, 0.3) is 5.69 Å².